The fourth-order valence-electron chi connectivity index (χ4n) is 6.89. The van der Waals surface area contributed by atoms with Gasteiger partial charge in [-0.3, -0.25) is 14.5 Å². The van der Waals surface area contributed by atoms with Crippen molar-refractivity contribution in [2.24, 2.45) is 0 Å². The highest BCUT2D eigenvalue weighted by atomic mass is 16.3. The minimum absolute atomic E-state index is 0.0165. The van der Waals surface area contributed by atoms with Gasteiger partial charge >= 0.3 is 0 Å². The van der Waals surface area contributed by atoms with E-state index in [1.165, 1.54) is 38.5 Å². The van der Waals surface area contributed by atoms with Crippen LogP contribution < -0.4 is 5.32 Å². The maximum Gasteiger partial charge on any atom is 0.271 e. The van der Waals surface area contributed by atoms with Crippen LogP contribution in [-0.2, 0) is 11.3 Å². The number of furan rings is 1. The molecule has 1 aliphatic carbocycles. The molecular formula is C29H44N4O3. The van der Waals surface area contributed by atoms with Crippen molar-refractivity contribution < 1.29 is 14.0 Å². The number of aromatic nitrogens is 1. The number of likely N-dealkylation sites (tertiary alicyclic amines) is 1. The summed E-state index contributed by atoms with van der Waals surface area (Å²) < 4.78 is 7.61. The molecule has 7 heteroatoms. The zero-order chi connectivity index (χ0) is 25.3. The van der Waals surface area contributed by atoms with Gasteiger partial charge in [-0.15, -0.1) is 0 Å². The number of hydrogen-bond acceptors (Lipinski definition) is 4. The molecule has 2 aromatic heterocycles. The molecule has 0 spiro atoms. The van der Waals surface area contributed by atoms with Crippen molar-refractivity contribution in [1.29, 1.82) is 0 Å². The van der Waals surface area contributed by atoms with Gasteiger partial charge in [-0.1, -0.05) is 38.5 Å². The van der Waals surface area contributed by atoms with Crippen LogP contribution in [-0.4, -0.2) is 62.9 Å². The maximum atomic E-state index is 14.0. The van der Waals surface area contributed by atoms with Crippen LogP contribution in [0.25, 0.3) is 11.1 Å². The Labute approximate surface area is 215 Å². The van der Waals surface area contributed by atoms with E-state index in [2.05, 4.69) is 24.1 Å². The number of amides is 2. The molecule has 0 bridgehead atoms. The molecule has 36 heavy (non-hydrogen) atoms. The number of carbonyl (C=O) groups excluding carboxylic acids is 2. The molecule has 1 saturated carbocycles. The number of rotatable bonds is 6. The van der Waals surface area contributed by atoms with Crippen LogP contribution in [0.1, 0.15) is 102 Å². The molecule has 2 aromatic rings. The number of hydrogen-bond donors (Lipinski definition) is 1. The second-order valence-electron chi connectivity index (χ2n) is 11.8. The Morgan fingerprint density at radius 2 is 1.72 bits per heavy atom. The van der Waals surface area contributed by atoms with Gasteiger partial charge in [0.25, 0.3) is 5.91 Å². The second-order valence-corrected chi connectivity index (χ2v) is 11.8. The van der Waals surface area contributed by atoms with Crippen LogP contribution in [0.2, 0.25) is 0 Å². The normalized spacial score (nSPS) is 28.6. The van der Waals surface area contributed by atoms with Crippen molar-refractivity contribution in [3.63, 3.8) is 0 Å². The van der Waals surface area contributed by atoms with Crippen molar-refractivity contribution >= 4 is 22.9 Å². The predicted octanol–water partition coefficient (Wildman–Crippen LogP) is 5.33. The van der Waals surface area contributed by atoms with Gasteiger partial charge in [-0.2, -0.15) is 0 Å². The number of fused-ring (bicyclic) bond motifs is 3. The number of nitrogens with zero attached hydrogens (tertiary/aromatic N) is 3. The first-order valence-corrected chi connectivity index (χ1v) is 14.3. The summed E-state index contributed by atoms with van der Waals surface area (Å²) >= 11 is 0. The molecule has 7 nitrogen and oxygen atoms in total. The Balaban J connectivity index is 1.37. The summed E-state index contributed by atoms with van der Waals surface area (Å²) in [4.78, 5) is 32.3. The van der Waals surface area contributed by atoms with Gasteiger partial charge < -0.3 is 19.2 Å². The molecule has 2 fully saturated rings. The largest absolute Gasteiger partial charge is 0.463 e. The van der Waals surface area contributed by atoms with Gasteiger partial charge in [0.05, 0.1) is 18.3 Å². The third-order valence-corrected chi connectivity index (χ3v) is 9.15. The number of piperidine rings is 1. The lowest BCUT2D eigenvalue weighted by Crippen LogP contribution is -2.65. The number of nitrogens with one attached hydrogen (secondary N) is 1. The molecule has 2 amide bonds. The fourth-order valence-corrected chi connectivity index (χ4v) is 6.89. The predicted molar refractivity (Wildman–Crippen MR) is 142 cm³/mol. The van der Waals surface area contributed by atoms with Crippen molar-refractivity contribution in [3.05, 3.63) is 24.1 Å². The first kappa shape index (κ1) is 25.4. The van der Waals surface area contributed by atoms with Crippen LogP contribution >= 0.6 is 0 Å². The molecule has 2 aliphatic heterocycles. The molecule has 1 saturated heterocycles. The first-order chi connectivity index (χ1) is 17.4. The van der Waals surface area contributed by atoms with Gasteiger partial charge in [0, 0.05) is 43.3 Å². The van der Waals surface area contributed by atoms with Gasteiger partial charge in [-0.05, 0) is 52.9 Å². The van der Waals surface area contributed by atoms with Crippen molar-refractivity contribution in [1.82, 2.24) is 19.7 Å². The summed E-state index contributed by atoms with van der Waals surface area (Å²) in [6.45, 7) is 8.58. The first-order valence-electron chi connectivity index (χ1n) is 14.3. The molecule has 0 aromatic carbocycles. The highest BCUT2D eigenvalue weighted by molar-refractivity contribution is 6.02. The van der Waals surface area contributed by atoms with Gasteiger partial charge in [0.1, 0.15) is 11.2 Å². The zero-order valence-corrected chi connectivity index (χ0v) is 22.4. The molecule has 198 valence electrons. The lowest BCUT2D eigenvalue weighted by atomic mass is 9.91. The quantitative estimate of drug-likeness (QED) is 0.587. The van der Waals surface area contributed by atoms with Crippen molar-refractivity contribution in [2.45, 2.75) is 122 Å². The molecule has 3 aliphatic rings. The fraction of sp³-hybridized carbons (Fsp3) is 0.724. The van der Waals surface area contributed by atoms with E-state index in [-0.39, 0.29) is 17.9 Å². The van der Waals surface area contributed by atoms with Crippen molar-refractivity contribution in [3.8, 4) is 0 Å². The summed E-state index contributed by atoms with van der Waals surface area (Å²) in [7, 11) is 0. The Hall–Kier alpha value is -2.28. The van der Waals surface area contributed by atoms with E-state index in [0.717, 1.165) is 44.2 Å². The molecule has 3 unspecified atom stereocenters. The minimum atomic E-state index is -0.936. The minimum Gasteiger partial charge on any atom is -0.463 e. The van der Waals surface area contributed by atoms with Crippen LogP contribution in [0, 0.1) is 0 Å². The van der Waals surface area contributed by atoms with E-state index in [9.17, 15) is 9.59 Å². The topological polar surface area (TPSA) is 70.7 Å². The molecule has 4 heterocycles. The van der Waals surface area contributed by atoms with E-state index in [1.807, 2.05) is 28.5 Å². The van der Waals surface area contributed by atoms with Gasteiger partial charge in [0.15, 0.2) is 5.58 Å². The lowest BCUT2D eigenvalue weighted by Gasteiger charge is -2.45. The molecule has 3 atom stereocenters. The summed E-state index contributed by atoms with van der Waals surface area (Å²) in [6.07, 6.45) is 14.4. The third kappa shape index (κ3) is 4.83. The standard InChI is InChI=1S/C29H44N4O3/c1-21-11-9-12-22(2)31(21)16-10-17-33-27(34)25-19-26-24(15-18-36-26)32(25)20-29(33,3)28(35)30-23-13-7-5-4-6-8-14-23/h15,18-19,21-23H,4-14,16-17,20H2,1-3H3,(H,30,35). The smallest absolute Gasteiger partial charge is 0.271 e. The SMILES string of the molecule is CC1CCCC(C)N1CCCN1C(=O)c2cc3occc3n2CC1(C)C(=O)NC1CCCCCCC1. The Kier molecular flexibility index (Phi) is 7.47. The molecule has 5 rings (SSSR count). The van der Waals surface area contributed by atoms with Crippen LogP contribution in [0.4, 0.5) is 0 Å². The molecule has 0 radical (unpaired) electrons. The second kappa shape index (κ2) is 10.6. The van der Waals surface area contributed by atoms with Crippen LogP contribution in [0.5, 0.6) is 0 Å². The van der Waals surface area contributed by atoms with E-state index in [0.29, 0.717) is 36.5 Å². The number of carbonyl (C=O) groups is 2. The Bertz CT molecular complexity index is 1060. The van der Waals surface area contributed by atoms with Crippen LogP contribution in [0.15, 0.2) is 22.8 Å². The van der Waals surface area contributed by atoms with E-state index in [1.54, 1.807) is 6.26 Å². The van der Waals surface area contributed by atoms with E-state index < -0.39 is 5.54 Å². The third-order valence-electron chi connectivity index (χ3n) is 9.15. The maximum absolute atomic E-state index is 14.0. The highest BCUT2D eigenvalue weighted by Crippen LogP contribution is 2.33. The summed E-state index contributed by atoms with van der Waals surface area (Å²) in [6, 6.07) is 5.08. The average molecular weight is 497 g/mol. The summed E-state index contributed by atoms with van der Waals surface area (Å²) in [5.41, 5.74) is 1.28. The Morgan fingerprint density at radius 3 is 2.44 bits per heavy atom. The van der Waals surface area contributed by atoms with E-state index in [4.69, 9.17) is 4.42 Å². The van der Waals surface area contributed by atoms with Gasteiger partial charge in [-0.25, -0.2) is 0 Å². The highest BCUT2D eigenvalue weighted by Gasteiger charge is 2.48. The van der Waals surface area contributed by atoms with E-state index >= 15 is 0 Å². The Morgan fingerprint density at radius 1 is 1.03 bits per heavy atom. The summed E-state index contributed by atoms with van der Waals surface area (Å²) in [5.74, 6) is -0.0835. The monoisotopic (exact) mass is 496 g/mol. The van der Waals surface area contributed by atoms with Crippen LogP contribution in [0.3, 0.4) is 0 Å². The zero-order valence-electron chi connectivity index (χ0n) is 22.4. The average Bonchev–Trinajstić information content (AvgIpc) is 3.42. The lowest BCUT2D eigenvalue weighted by molar-refractivity contribution is -0.133. The van der Waals surface area contributed by atoms with Crippen molar-refractivity contribution in [2.75, 3.05) is 13.1 Å². The summed E-state index contributed by atoms with van der Waals surface area (Å²) in [5, 5.41) is 3.39. The molecular weight excluding hydrogens is 452 g/mol. The molecule has 1 N–H and O–H groups in total. The van der Waals surface area contributed by atoms with Gasteiger partial charge in [0.2, 0.25) is 5.91 Å².